The molecule has 126 valence electrons. The molecule has 3 fully saturated rings. The maximum absolute atomic E-state index is 6.95. The molecule has 0 bridgehead atoms. The van der Waals surface area contributed by atoms with E-state index in [1.807, 2.05) is 0 Å². The number of likely N-dealkylation sites (tertiary alicyclic amines) is 1. The Balaban J connectivity index is 1.62. The number of hydrogen-bond acceptors (Lipinski definition) is 3. The highest BCUT2D eigenvalue weighted by Gasteiger charge is 2.51. The summed E-state index contributed by atoms with van der Waals surface area (Å²) in [5, 5.41) is 0. The Bertz CT molecular complexity index is 516. The van der Waals surface area contributed by atoms with Crippen LogP contribution in [0.1, 0.15) is 50.5 Å². The lowest BCUT2D eigenvalue weighted by molar-refractivity contribution is -0.0781. The van der Waals surface area contributed by atoms with Gasteiger partial charge in [-0.2, -0.15) is 0 Å². The van der Waals surface area contributed by atoms with E-state index in [4.69, 9.17) is 4.74 Å². The number of nitrogens with zero attached hydrogens (tertiary/aromatic N) is 1. The predicted octanol–water partition coefficient (Wildman–Crippen LogP) is 4.65. The second-order valence-corrected chi connectivity index (χ2v) is 8.75. The molecule has 1 saturated carbocycles. The smallest absolute Gasteiger partial charge is 0.142 e. The Hall–Kier alpha value is -0.510. The maximum Gasteiger partial charge on any atom is 0.142 e. The van der Waals surface area contributed by atoms with Crippen LogP contribution >= 0.6 is 11.8 Å². The van der Waals surface area contributed by atoms with Crippen molar-refractivity contribution in [2.45, 2.75) is 62.0 Å². The summed E-state index contributed by atoms with van der Waals surface area (Å²) in [5.74, 6) is 1.83. The third kappa shape index (κ3) is 2.96. The first kappa shape index (κ1) is 16.0. The molecule has 1 aromatic rings. The molecule has 2 heterocycles. The molecule has 0 spiro atoms. The summed E-state index contributed by atoms with van der Waals surface area (Å²) in [4.78, 5) is 2.43. The fraction of sp³-hybridized carbons (Fsp3) is 0.700. The Labute approximate surface area is 145 Å². The van der Waals surface area contributed by atoms with Crippen LogP contribution in [-0.2, 0) is 9.67 Å². The Kier molecular flexibility index (Phi) is 4.71. The lowest BCUT2D eigenvalue weighted by Crippen LogP contribution is -2.41. The highest BCUT2D eigenvalue weighted by Crippen LogP contribution is 2.55. The average molecular weight is 332 g/mol. The van der Waals surface area contributed by atoms with Crippen LogP contribution in [0.4, 0.5) is 0 Å². The van der Waals surface area contributed by atoms with Gasteiger partial charge in [-0.3, -0.25) is 0 Å². The third-order valence-corrected chi connectivity index (χ3v) is 7.70. The van der Waals surface area contributed by atoms with E-state index in [9.17, 15) is 0 Å². The average Bonchev–Trinajstić information content (AvgIpc) is 3.23. The molecule has 1 aliphatic carbocycles. The van der Waals surface area contributed by atoms with Gasteiger partial charge in [0.1, 0.15) is 4.93 Å². The first-order valence-electron chi connectivity index (χ1n) is 9.37. The highest BCUT2D eigenvalue weighted by atomic mass is 32.2. The van der Waals surface area contributed by atoms with Gasteiger partial charge < -0.3 is 9.64 Å². The molecule has 23 heavy (non-hydrogen) atoms. The van der Waals surface area contributed by atoms with Crippen LogP contribution in [0, 0.1) is 5.92 Å². The summed E-state index contributed by atoms with van der Waals surface area (Å²) in [6, 6.07) is 11.7. The first-order chi connectivity index (χ1) is 11.3. The van der Waals surface area contributed by atoms with Gasteiger partial charge in [-0.25, -0.2) is 0 Å². The monoisotopic (exact) mass is 331 g/mol. The molecule has 4 rings (SSSR count). The molecule has 1 aromatic carbocycles. The van der Waals surface area contributed by atoms with Crippen LogP contribution < -0.4 is 0 Å². The minimum absolute atomic E-state index is 0.0875. The topological polar surface area (TPSA) is 12.5 Å². The van der Waals surface area contributed by atoms with Crippen molar-refractivity contribution in [1.82, 2.24) is 4.90 Å². The lowest BCUT2D eigenvalue weighted by Gasteiger charge is -2.40. The second-order valence-electron chi connectivity index (χ2n) is 7.53. The van der Waals surface area contributed by atoms with E-state index >= 15 is 0 Å². The Morgan fingerprint density at radius 1 is 1.04 bits per heavy atom. The van der Waals surface area contributed by atoms with Gasteiger partial charge in [-0.1, -0.05) is 49.6 Å². The van der Waals surface area contributed by atoms with Crippen molar-refractivity contribution in [3.05, 3.63) is 35.9 Å². The maximum atomic E-state index is 6.95. The summed E-state index contributed by atoms with van der Waals surface area (Å²) in [6.45, 7) is 1.23. The van der Waals surface area contributed by atoms with Crippen molar-refractivity contribution in [1.29, 1.82) is 0 Å². The van der Waals surface area contributed by atoms with Crippen LogP contribution in [0.3, 0.4) is 0 Å². The number of hydrogen-bond donors (Lipinski definition) is 0. The van der Waals surface area contributed by atoms with Crippen LogP contribution in [0.15, 0.2) is 30.3 Å². The summed E-state index contributed by atoms with van der Waals surface area (Å²) in [5.41, 5.74) is 1.40. The number of rotatable bonds is 3. The minimum Gasteiger partial charge on any atom is -0.354 e. The van der Waals surface area contributed by atoms with Gasteiger partial charge >= 0.3 is 0 Å². The van der Waals surface area contributed by atoms with E-state index in [1.165, 1.54) is 57.1 Å². The lowest BCUT2D eigenvalue weighted by atomic mass is 9.82. The van der Waals surface area contributed by atoms with E-state index in [-0.39, 0.29) is 4.93 Å². The SMILES string of the molecule is CN1CCC[C@@H]1[C@@H]1CS[C@](c2ccccc2)(C2CCCCC2)O1. The minimum atomic E-state index is -0.0875. The molecule has 0 unspecified atom stereocenters. The largest absolute Gasteiger partial charge is 0.354 e. The summed E-state index contributed by atoms with van der Waals surface area (Å²) < 4.78 is 6.95. The van der Waals surface area contributed by atoms with E-state index < -0.39 is 0 Å². The molecule has 0 radical (unpaired) electrons. The number of thioether (sulfide) groups is 1. The zero-order valence-electron chi connectivity index (χ0n) is 14.2. The summed E-state index contributed by atoms with van der Waals surface area (Å²) in [6.07, 6.45) is 9.83. The van der Waals surface area contributed by atoms with Gasteiger partial charge in [-0.05, 0) is 44.8 Å². The molecule has 2 nitrogen and oxygen atoms in total. The molecule has 3 atom stereocenters. The molecule has 2 saturated heterocycles. The van der Waals surface area contributed by atoms with Crippen molar-refractivity contribution in [3.63, 3.8) is 0 Å². The van der Waals surface area contributed by atoms with Crippen LogP contribution in [0.25, 0.3) is 0 Å². The highest BCUT2D eigenvalue weighted by molar-refractivity contribution is 8.00. The van der Waals surface area contributed by atoms with Crippen LogP contribution in [0.2, 0.25) is 0 Å². The molecular weight excluding hydrogens is 302 g/mol. The molecule has 0 amide bonds. The van der Waals surface area contributed by atoms with E-state index in [0.717, 1.165) is 5.75 Å². The van der Waals surface area contributed by atoms with Crippen molar-refractivity contribution >= 4 is 11.8 Å². The van der Waals surface area contributed by atoms with Gasteiger partial charge in [0.25, 0.3) is 0 Å². The summed E-state index contributed by atoms with van der Waals surface area (Å²) in [7, 11) is 2.27. The molecular formula is C20H29NOS. The molecule has 0 N–H and O–H groups in total. The van der Waals surface area contributed by atoms with Gasteiger partial charge in [0, 0.05) is 17.7 Å². The fourth-order valence-corrected chi connectivity index (χ4v) is 6.52. The van der Waals surface area contributed by atoms with Crippen LogP contribution in [-0.4, -0.2) is 36.4 Å². The van der Waals surface area contributed by atoms with Crippen molar-refractivity contribution < 1.29 is 4.74 Å². The standard InChI is InChI=1S/C20H29NOS/c1-21-14-8-13-18(21)19-15-23-20(22-19,16-9-4-2-5-10-16)17-11-6-3-7-12-17/h2,4-5,9-10,17-19H,3,6-8,11-15H2,1H3/t18-,19+,20-/m1/s1. The van der Waals surface area contributed by atoms with Crippen molar-refractivity contribution in [3.8, 4) is 0 Å². The van der Waals surface area contributed by atoms with Gasteiger partial charge in [0.15, 0.2) is 0 Å². The molecule has 3 heteroatoms. The van der Waals surface area contributed by atoms with Gasteiger partial charge in [0.05, 0.1) is 6.10 Å². The number of likely N-dealkylation sites (N-methyl/N-ethyl adjacent to an activating group) is 1. The summed E-state index contributed by atoms with van der Waals surface area (Å²) >= 11 is 2.10. The zero-order valence-corrected chi connectivity index (χ0v) is 15.1. The quantitative estimate of drug-likeness (QED) is 0.800. The zero-order chi connectivity index (χ0) is 15.7. The normalized spacial score (nSPS) is 36.6. The van der Waals surface area contributed by atoms with Crippen LogP contribution in [0.5, 0.6) is 0 Å². The van der Waals surface area contributed by atoms with Crippen molar-refractivity contribution in [2.75, 3.05) is 19.3 Å². The first-order valence-corrected chi connectivity index (χ1v) is 10.4. The third-order valence-electron chi connectivity index (χ3n) is 6.11. The van der Waals surface area contributed by atoms with E-state index in [1.54, 1.807) is 0 Å². The number of ether oxygens (including phenoxy) is 1. The van der Waals surface area contributed by atoms with E-state index in [2.05, 4.69) is 54.0 Å². The number of benzene rings is 1. The molecule has 3 aliphatic rings. The van der Waals surface area contributed by atoms with E-state index in [0.29, 0.717) is 18.1 Å². The van der Waals surface area contributed by atoms with Crippen molar-refractivity contribution in [2.24, 2.45) is 5.92 Å². The van der Waals surface area contributed by atoms with Gasteiger partial charge in [-0.15, -0.1) is 11.8 Å². The predicted molar refractivity (Wildman–Crippen MR) is 97.7 cm³/mol. The molecule has 0 aromatic heterocycles. The fourth-order valence-electron chi connectivity index (χ4n) is 4.85. The Morgan fingerprint density at radius 3 is 2.52 bits per heavy atom. The van der Waals surface area contributed by atoms with Gasteiger partial charge in [0.2, 0.25) is 0 Å². The second kappa shape index (κ2) is 6.78. The Morgan fingerprint density at radius 2 is 1.83 bits per heavy atom. The molecule has 2 aliphatic heterocycles.